The maximum Gasteiger partial charge on any atom is 0.313 e. The van der Waals surface area contributed by atoms with E-state index in [0.29, 0.717) is 30.0 Å². The van der Waals surface area contributed by atoms with Crippen LogP contribution in [0.25, 0.3) is 0 Å². The van der Waals surface area contributed by atoms with Gasteiger partial charge in [-0.25, -0.2) is 4.68 Å². The molecule has 3 rings (SSSR count). The van der Waals surface area contributed by atoms with Gasteiger partial charge in [0.15, 0.2) is 4.77 Å². The number of rotatable bonds is 9. The average Bonchev–Trinajstić information content (AvgIpc) is 3.31. The number of ether oxygens (including phenoxy) is 1. The molecule has 30 heavy (non-hydrogen) atoms. The van der Waals surface area contributed by atoms with Gasteiger partial charge < -0.3 is 9.30 Å². The fourth-order valence-electron chi connectivity index (χ4n) is 4.15. The number of esters is 1. The van der Waals surface area contributed by atoms with E-state index in [1.807, 2.05) is 11.6 Å². The molecule has 6 nitrogen and oxygen atoms in total. The molecular weight excluding hydrogens is 396 g/mol. The maximum absolute atomic E-state index is 12.1. The average molecular weight is 431 g/mol. The van der Waals surface area contributed by atoms with E-state index < -0.39 is 0 Å². The van der Waals surface area contributed by atoms with Gasteiger partial charge in [-0.3, -0.25) is 9.69 Å². The SMILES string of the molecule is CCOC(=O)Cc1nn(CN(C)Cc2ccc(C(C)C)cc2)c(=S)n1C1CCCC1. The minimum atomic E-state index is -0.248. The number of nitrogens with zero attached hydrogens (tertiary/aromatic N) is 4. The van der Waals surface area contributed by atoms with Gasteiger partial charge in [-0.15, -0.1) is 0 Å². The van der Waals surface area contributed by atoms with Gasteiger partial charge in [0.1, 0.15) is 12.2 Å². The Morgan fingerprint density at radius 1 is 1.27 bits per heavy atom. The standard InChI is InChI=1S/C23H34N4O2S/c1-5-29-22(28)14-21-24-26(23(30)27(21)20-8-6-7-9-20)16-25(4)15-18-10-12-19(13-11-18)17(2)3/h10-13,17,20H,5-9,14-16H2,1-4H3. The summed E-state index contributed by atoms with van der Waals surface area (Å²) in [7, 11) is 2.07. The first-order chi connectivity index (χ1) is 14.4. The van der Waals surface area contributed by atoms with Crippen LogP contribution in [0.1, 0.15) is 75.4 Å². The first-order valence-electron chi connectivity index (χ1n) is 11.0. The molecule has 1 heterocycles. The van der Waals surface area contributed by atoms with Crippen molar-refractivity contribution in [2.75, 3.05) is 13.7 Å². The van der Waals surface area contributed by atoms with Crippen LogP contribution in [0, 0.1) is 4.77 Å². The molecule has 0 radical (unpaired) electrons. The summed E-state index contributed by atoms with van der Waals surface area (Å²) >= 11 is 5.78. The Kier molecular flexibility index (Phi) is 7.83. The number of carbonyl (C=O) groups excluding carboxylic acids is 1. The first-order valence-corrected chi connectivity index (χ1v) is 11.4. The second-order valence-corrected chi connectivity index (χ2v) is 8.91. The maximum atomic E-state index is 12.1. The zero-order valence-corrected chi connectivity index (χ0v) is 19.5. The molecule has 0 aliphatic heterocycles. The van der Waals surface area contributed by atoms with Crippen molar-refractivity contribution in [3.63, 3.8) is 0 Å². The van der Waals surface area contributed by atoms with Crippen LogP contribution in [0.5, 0.6) is 0 Å². The molecule has 164 valence electrons. The van der Waals surface area contributed by atoms with Gasteiger partial charge in [-0.05, 0) is 56.1 Å². The quantitative estimate of drug-likeness (QED) is 0.421. The fraction of sp³-hybridized carbons (Fsp3) is 0.609. The highest BCUT2D eigenvalue weighted by atomic mass is 32.1. The van der Waals surface area contributed by atoms with Gasteiger partial charge in [-0.1, -0.05) is 51.0 Å². The predicted molar refractivity (Wildman–Crippen MR) is 121 cm³/mol. The highest BCUT2D eigenvalue weighted by Crippen LogP contribution is 2.31. The third-order valence-electron chi connectivity index (χ3n) is 5.71. The van der Waals surface area contributed by atoms with Crippen molar-refractivity contribution >= 4 is 18.2 Å². The van der Waals surface area contributed by atoms with Gasteiger partial charge in [0.25, 0.3) is 0 Å². The van der Waals surface area contributed by atoms with E-state index in [9.17, 15) is 4.79 Å². The van der Waals surface area contributed by atoms with Crippen LogP contribution in [0.4, 0.5) is 0 Å². The lowest BCUT2D eigenvalue weighted by Crippen LogP contribution is -2.22. The van der Waals surface area contributed by atoms with E-state index in [4.69, 9.17) is 22.1 Å². The first kappa shape index (κ1) is 22.7. The molecule has 1 fully saturated rings. The summed E-state index contributed by atoms with van der Waals surface area (Å²) in [4.78, 5) is 14.3. The molecule has 1 aliphatic carbocycles. The van der Waals surface area contributed by atoms with Crippen LogP contribution < -0.4 is 0 Å². The molecule has 0 saturated heterocycles. The zero-order valence-electron chi connectivity index (χ0n) is 18.6. The lowest BCUT2D eigenvalue weighted by Gasteiger charge is -2.17. The summed E-state index contributed by atoms with van der Waals surface area (Å²) in [5.74, 6) is 1.01. The number of hydrogen-bond acceptors (Lipinski definition) is 5. The monoisotopic (exact) mass is 430 g/mol. The van der Waals surface area contributed by atoms with Gasteiger partial charge in [0.2, 0.25) is 0 Å². The van der Waals surface area contributed by atoms with E-state index in [2.05, 4.69) is 54.6 Å². The molecule has 1 aromatic carbocycles. The van der Waals surface area contributed by atoms with Crippen molar-refractivity contribution in [3.05, 3.63) is 46.0 Å². The van der Waals surface area contributed by atoms with Gasteiger partial charge in [0, 0.05) is 12.6 Å². The molecule has 0 bridgehead atoms. The van der Waals surface area contributed by atoms with E-state index >= 15 is 0 Å². The Bertz CT molecular complexity index is 895. The van der Waals surface area contributed by atoms with E-state index in [0.717, 1.165) is 25.2 Å². The number of benzene rings is 1. The molecule has 7 heteroatoms. The molecular formula is C23H34N4O2S. The lowest BCUT2D eigenvalue weighted by molar-refractivity contribution is -0.142. The Balaban J connectivity index is 1.75. The molecule has 1 aliphatic rings. The summed E-state index contributed by atoms with van der Waals surface area (Å²) in [6, 6.07) is 9.12. The Labute approximate surface area is 184 Å². The highest BCUT2D eigenvalue weighted by molar-refractivity contribution is 7.71. The predicted octanol–water partition coefficient (Wildman–Crippen LogP) is 4.85. The smallest absolute Gasteiger partial charge is 0.313 e. The topological polar surface area (TPSA) is 52.3 Å². The fourth-order valence-corrected chi connectivity index (χ4v) is 4.50. The number of carbonyl (C=O) groups is 1. The largest absolute Gasteiger partial charge is 0.466 e. The van der Waals surface area contributed by atoms with Gasteiger partial charge >= 0.3 is 5.97 Å². The molecule has 0 atom stereocenters. The highest BCUT2D eigenvalue weighted by Gasteiger charge is 2.24. The van der Waals surface area contributed by atoms with Crippen molar-refractivity contribution in [1.82, 2.24) is 19.2 Å². The molecule has 1 aromatic heterocycles. The minimum absolute atomic E-state index is 0.168. The lowest BCUT2D eigenvalue weighted by atomic mass is 10.0. The van der Waals surface area contributed by atoms with Crippen LogP contribution in [0.15, 0.2) is 24.3 Å². The van der Waals surface area contributed by atoms with Crippen LogP contribution in [0.2, 0.25) is 0 Å². The van der Waals surface area contributed by atoms with Crippen molar-refractivity contribution in [2.45, 2.75) is 78.0 Å². The Morgan fingerprint density at radius 2 is 1.93 bits per heavy atom. The normalized spacial score (nSPS) is 14.7. The number of aromatic nitrogens is 3. The molecule has 0 unspecified atom stereocenters. The molecule has 0 spiro atoms. The summed E-state index contributed by atoms with van der Waals surface area (Å²) < 4.78 is 9.80. The van der Waals surface area contributed by atoms with Crippen LogP contribution >= 0.6 is 12.2 Å². The third kappa shape index (κ3) is 5.58. The van der Waals surface area contributed by atoms with E-state index in [1.54, 1.807) is 0 Å². The van der Waals surface area contributed by atoms with Gasteiger partial charge in [-0.2, -0.15) is 5.10 Å². The molecule has 0 N–H and O–H groups in total. The second-order valence-electron chi connectivity index (χ2n) is 8.54. The summed E-state index contributed by atoms with van der Waals surface area (Å²) in [6.45, 7) is 8.00. The van der Waals surface area contributed by atoms with Crippen molar-refractivity contribution in [3.8, 4) is 0 Å². The molecule has 1 saturated carbocycles. The second kappa shape index (κ2) is 10.4. The third-order valence-corrected chi connectivity index (χ3v) is 6.12. The van der Waals surface area contributed by atoms with Crippen LogP contribution in [-0.2, 0) is 29.2 Å². The van der Waals surface area contributed by atoms with E-state index in [1.165, 1.54) is 24.0 Å². The minimum Gasteiger partial charge on any atom is -0.466 e. The van der Waals surface area contributed by atoms with E-state index in [-0.39, 0.29) is 12.4 Å². The zero-order chi connectivity index (χ0) is 21.7. The van der Waals surface area contributed by atoms with Crippen molar-refractivity contribution < 1.29 is 9.53 Å². The molecule has 2 aromatic rings. The Hall–Kier alpha value is -1.99. The van der Waals surface area contributed by atoms with Gasteiger partial charge in [0.05, 0.1) is 13.3 Å². The van der Waals surface area contributed by atoms with Crippen molar-refractivity contribution in [2.24, 2.45) is 0 Å². The Morgan fingerprint density at radius 3 is 2.53 bits per heavy atom. The van der Waals surface area contributed by atoms with Crippen molar-refractivity contribution in [1.29, 1.82) is 0 Å². The molecule has 0 amide bonds. The summed E-state index contributed by atoms with van der Waals surface area (Å²) in [5, 5.41) is 4.73. The summed E-state index contributed by atoms with van der Waals surface area (Å²) in [5.41, 5.74) is 2.61. The number of hydrogen-bond donors (Lipinski definition) is 0. The summed E-state index contributed by atoms with van der Waals surface area (Å²) in [6.07, 6.45) is 4.74. The van der Waals surface area contributed by atoms with Crippen LogP contribution in [0.3, 0.4) is 0 Å². The van der Waals surface area contributed by atoms with Crippen LogP contribution in [-0.4, -0.2) is 38.9 Å².